The zero-order valence-corrected chi connectivity index (χ0v) is 13.6. The molecule has 0 spiro atoms. The van der Waals surface area contributed by atoms with Gasteiger partial charge in [-0.1, -0.05) is 0 Å². The van der Waals surface area contributed by atoms with Crippen LogP contribution in [0.4, 0.5) is 0 Å². The van der Waals surface area contributed by atoms with Gasteiger partial charge in [0.2, 0.25) is 0 Å². The average Bonchev–Trinajstić information content (AvgIpc) is 3.07. The first-order valence-electron chi connectivity index (χ1n) is 7.77. The average molecular weight is 336 g/mol. The molecule has 2 aromatic carbocycles. The first-order valence-corrected chi connectivity index (χ1v) is 7.77. The number of esters is 1. The lowest BCUT2D eigenvalue weighted by Gasteiger charge is -2.12. The Labute approximate surface area is 145 Å². The van der Waals surface area contributed by atoms with Crippen molar-refractivity contribution in [3.63, 3.8) is 0 Å². The molecule has 1 amide bonds. The van der Waals surface area contributed by atoms with Crippen molar-refractivity contribution < 1.29 is 19.1 Å². The highest BCUT2D eigenvalue weighted by atomic mass is 16.5. The number of nitrogens with zero attached hydrogens (tertiary/aromatic N) is 1. The van der Waals surface area contributed by atoms with Crippen LogP contribution in [0.2, 0.25) is 0 Å². The number of ether oxygens (including phenoxy) is 2. The van der Waals surface area contributed by atoms with E-state index in [9.17, 15) is 9.59 Å². The lowest BCUT2D eigenvalue weighted by atomic mass is 10.1. The number of carbonyl (C=O) groups excluding carboxylic acids is 2. The van der Waals surface area contributed by atoms with Crippen LogP contribution in [-0.4, -0.2) is 31.6 Å². The van der Waals surface area contributed by atoms with E-state index in [2.05, 4.69) is 5.32 Å². The number of nitrogens with one attached hydrogen (secondary N) is 1. The molecule has 0 saturated heterocycles. The van der Waals surface area contributed by atoms with E-state index in [0.717, 1.165) is 5.56 Å². The summed E-state index contributed by atoms with van der Waals surface area (Å²) in [6, 6.07) is 13.6. The van der Waals surface area contributed by atoms with E-state index in [1.807, 2.05) is 6.07 Å². The third-order valence-electron chi connectivity index (χ3n) is 3.99. The number of methoxy groups -OCH3 is 1. The molecule has 6 heteroatoms. The van der Waals surface area contributed by atoms with Crippen LogP contribution in [0.3, 0.4) is 0 Å². The molecule has 1 aliphatic rings. The number of carbonyl (C=O) groups is 2. The van der Waals surface area contributed by atoms with Gasteiger partial charge in [-0.15, -0.1) is 0 Å². The summed E-state index contributed by atoms with van der Waals surface area (Å²) in [5.41, 5.74) is 2.39. The molecule has 1 heterocycles. The molecule has 0 bridgehead atoms. The van der Waals surface area contributed by atoms with Crippen molar-refractivity contribution in [1.82, 2.24) is 5.32 Å². The molecule has 6 nitrogen and oxygen atoms in total. The van der Waals surface area contributed by atoms with Crippen LogP contribution in [0, 0.1) is 11.3 Å². The van der Waals surface area contributed by atoms with Gasteiger partial charge in [0.05, 0.1) is 30.9 Å². The van der Waals surface area contributed by atoms with E-state index in [-0.39, 0.29) is 18.0 Å². The van der Waals surface area contributed by atoms with Crippen LogP contribution < -0.4 is 10.1 Å². The van der Waals surface area contributed by atoms with Crippen LogP contribution in [-0.2, 0) is 11.2 Å². The first-order chi connectivity index (χ1) is 12.1. The fourth-order valence-electron chi connectivity index (χ4n) is 2.68. The van der Waals surface area contributed by atoms with E-state index in [1.165, 1.54) is 7.11 Å². The fourth-order valence-corrected chi connectivity index (χ4v) is 2.68. The third-order valence-corrected chi connectivity index (χ3v) is 3.99. The van der Waals surface area contributed by atoms with Gasteiger partial charge in [-0.2, -0.15) is 5.26 Å². The number of fused-ring (bicyclic) bond motifs is 1. The SMILES string of the molecule is COC(=O)c1ccc2c(c1)CC(CNC(=O)c1ccc(C#N)cc1)O2. The van der Waals surface area contributed by atoms with Gasteiger partial charge in [0.15, 0.2) is 0 Å². The Hall–Kier alpha value is -3.33. The molecule has 0 radical (unpaired) electrons. The topological polar surface area (TPSA) is 88.4 Å². The number of hydrogen-bond donors (Lipinski definition) is 1. The summed E-state index contributed by atoms with van der Waals surface area (Å²) < 4.78 is 10.5. The van der Waals surface area contributed by atoms with E-state index in [0.29, 0.717) is 35.4 Å². The highest BCUT2D eigenvalue weighted by Crippen LogP contribution is 2.29. The van der Waals surface area contributed by atoms with Gasteiger partial charge < -0.3 is 14.8 Å². The molecule has 0 aromatic heterocycles. The second kappa shape index (κ2) is 7.05. The Morgan fingerprint density at radius 1 is 1.24 bits per heavy atom. The Morgan fingerprint density at radius 3 is 2.64 bits per heavy atom. The summed E-state index contributed by atoms with van der Waals surface area (Å²) in [4.78, 5) is 23.7. The molecule has 1 atom stereocenters. The summed E-state index contributed by atoms with van der Waals surface area (Å²) >= 11 is 0. The van der Waals surface area contributed by atoms with Crippen molar-refractivity contribution in [3.8, 4) is 11.8 Å². The largest absolute Gasteiger partial charge is 0.488 e. The Morgan fingerprint density at radius 2 is 1.96 bits per heavy atom. The summed E-state index contributed by atoms with van der Waals surface area (Å²) in [5.74, 6) is 0.102. The number of amides is 1. The Balaban J connectivity index is 1.58. The molecule has 1 aliphatic heterocycles. The molecule has 2 aromatic rings. The molecule has 1 N–H and O–H groups in total. The van der Waals surface area contributed by atoms with Gasteiger partial charge >= 0.3 is 5.97 Å². The standard InChI is InChI=1S/C19H16N2O4/c1-24-19(23)14-6-7-17-15(8-14)9-16(25-17)11-21-18(22)13-4-2-12(10-20)3-5-13/h2-8,16H,9,11H2,1H3,(H,21,22). The lowest BCUT2D eigenvalue weighted by molar-refractivity contribution is 0.0600. The van der Waals surface area contributed by atoms with Gasteiger partial charge in [0, 0.05) is 12.0 Å². The number of rotatable bonds is 4. The summed E-state index contributed by atoms with van der Waals surface area (Å²) in [5, 5.41) is 11.6. The first kappa shape index (κ1) is 16.5. The van der Waals surface area contributed by atoms with Crippen LogP contribution in [0.1, 0.15) is 31.8 Å². The van der Waals surface area contributed by atoms with Crippen molar-refractivity contribution in [3.05, 3.63) is 64.7 Å². The van der Waals surface area contributed by atoms with E-state index < -0.39 is 0 Å². The second-order valence-electron chi connectivity index (χ2n) is 5.66. The van der Waals surface area contributed by atoms with Crippen LogP contribution >= 0.6 is 0 Å². The van der Waals surface area contributed by atoms with Crippen molar-refractivity contribution in [2.24, 2.45) is 0 Å². The van der Waals surface area contributed by atoms with E-state index in [1.54, 1.807) is 42.5 Å². The number of hydrogen-bond acceptors (Lipinski definition) is 5. The molecule has 25 heavy (non-hydrogen) atoms. The molecular formula is C19H16N2O4. The number of benzene rings is 2. The summed E-state index contributed by atoms with van der Waals surface area (Å²) in [6.07, 6.45) is 0.415. The Kier molecular flexibility index (Phi) is 4.66. The molecule has 0 fully saturated rings. The summed E-state index contributed by atoms with van der Waals surface area (Å²) in [6.45, 7) is 0.348. The van der Waals surface area contributed by atoms with Gasteiger partial charge in [0.1, 0.15) is 11.9 Å². The molecule has 3 rings (SSSR count). The minimum absolute atomic E-state index is 0.190. The van der Waals surface area contributed by atoms with Crippen molar-refractivity contribution in [2.45, 2.75) is 12.5 Å². The maximum absolute atomic E-state index is 12.1. The smallest absolute Gasteiger partial charge is 0.337 e. The monoisotopic (exact) mass is 336 g/mol. The van der Waals surface area contributed by atoms with Gasteiger partial charge in [-0.25, -0.2) is 4.79 Å². The minimum Gasteiger partial charge on any atom is -0.488 e. The predicted octanol–water partition coefficient (Wildman–Crippen LogP) is 2.08. The van der Waals surface area contributed by atoms with Crippen LogP contribution in [0.25, 0.3) is 0 Å². The van der Waals surface area contributed by atoms with Gasteiger partial charge in [-0.3, -0.25) is 4.79 Å². The lowest BCUT2D eigenvalue weighted by Crippen LogP contribution is -2.34. The third kappa shape index (κ3) is 3.61. The van der Waals surface area contributed by atoms with Gasteiger partial charge in [-0.05, 0) is 48.0 Å². The molecule has 1 unspecified atom stereocenters. The van der Waals surface area contributed by atoms with E-state index >= 15 is 0 Å². The fraction of sp³-hybridized carbons (Fsp3) is 0.211. The zero-order chi connectivity index (χ0) is 17.8. The van der Waals surface area contributed by atoms with Crippen molar-refractivity contribution in [1.29, 1.82) is 5.26 Å². The normalized spacial score (nSPS) is 14.8. The minimum atomic E-state index is -0.389. The van der Waals surface area contributed by atoms with E-state index in [4.69, 9.17) is 14.7 Å². The molecule has 0 saturated carbocycles. The molecule has 0 aliphatic carbocycles. The quantitative estimate of drug-likeness (QED) is 0.864. The van der Waals surface area contributed by atoms with Crippen molar-refractivity contribution in [2.75, 3.05) is 13.7 Å². The maximum Gasteiger partial charge on any atom is 0.337 e. The highest BCUT2D eigenvalue weighted by molar-refractivity contribution is 5.94. The maximum atomic E-state index is 12.1. The zero-order valence-electron chi connectivity index (χ0n) is 13.6. The molecular weight excluding hydrogens is 320 g/mol. The molecule has 126 valence electrons. The second-order valence-corrected chi connectivity index (χ2v) is 5.66. The van der Waals surface area contributed by atoms with Gasteiger partial charge in [0.25, 0.3) is 5.91 Å². The number of nitriles is 1. The van der Waals surface area contributed by atoms with Crippen LogP contribution in [0.15, 0.2) is 42.5 Å². The van der Waals surface area contributed by atoms with Crippen molar-refractivity contribution >= 4 is 11.9 Å². The predicted molar refractivity (Wildman–Crippen MR) is 89.4 cm³/mol. The highest BCUT2D eigenvalue weighted by Gasteiger charge is 2.24. The van der Waals surface area contributed by atoms with Crippen LogP contribution in [0.5, 0.6) is 5.75 Å². The Bertz CT molecular complexity index is 853. The summed E-state index contributed by atoms with van der Waals surface area (Å²) in [7, 11) is 1.34.